The fourth-order valence-corrected chi connectivity index (χ4v) is 2.93. The van der Waals surface area contributed by atoms with E-state index in [1.807, 2.05) is 19.1 Å². The Morgan fingerprint density at radius 3 is 2.96 bits per heavy atom. The second-order valence-electron chi connectivity index (χ2n) is 6.03. The summed E-state index contributed by atoms with van der Waals surface area (Å²) >= 11 is 0. The van der Waals surface area contributed by atoms with Crippen LogP contribution in [0.4, 0.5) is 4.39 Å². The number of halogens is 1. The van der Waals surface area contributed by atoms with Crippen molar-refractivity contribution < 1.29 is 13.9 Å². The van der Waals surface area contributed by atoms with Gasteiger partial charge in [0.25, 0.3) is 0 Å². The summed E-state index contributed by atoms with van der Waals surface area (Å²) in [6, 6.07) is 8.31. The molecular formula is C19H19FN2O2. The number of methoxy groups -OCH3 is 1. The van der Waals surface area contributed by atoms with Gasteiger partial charge in [0.1, 0.15) is 11.6 Å². The normalized spacial score (nSPS) is 14.0. The van der Waals surface area contributed by atoms with Crippen molar-refractivity contribution in [2.45, 2.75) is 32.2 Å². The van der Waals surface area contributed by atoms with Crippen LogP contribution < -0.4 is 0 Å². The largest absolute Gasteiger partial charge is 0.481 e. The zero-order valence-corrected chi connectivity index (χ0v) is 13.8. The minimum atomic E-state index is -0.277. The summed E-state index contributed by atoms with van der Waals surface area (Å²) in [4.78, 5) is 20.9. The Morgan fingerprint density at radius 1 is 1.38 bits per heavy atom. The number of hydrogen-bond donors (Lipinski definition) is 0. The van der Waals surface area contributed by atoms with Crippen molar-refractivity contribution in [3.8, 4) is 0 Å². The number of Topliss-reactive ketones (excluding diaryl/α,β-unsaturated/α-hetero) is 1. The lowest BCUT2D eigenvalue weighted by atomic mass is 9.94. The number of aromatic nitrogens is 1. The third-order valence-corrected chi connectivity index (χ3v) is 4.19. The Balaban J connectivity index is 1.63. The molecule has 2 heterocycles. The van der Waals surface area contributed by atoms with E-state index in [4.69, 9.17) is 4.74 Å². The standard InChI is InChI=1S/C19H19FN2O2/c1-12(13-4-3-5-15(20)7-13)6-17(23)9-16-8-14-10-22-19(24-2)18(14)11-21-16/h3-5,7-8,11-12H,6,9-10H2,1-2H3/t12-/m0/s1. The molecule has 0 amide bonds. The average molecular weight is 326 g/mol. The minimum absolute atomic E-state index is 0.0222. The number of carbonyl (C=O) groups is 1. The van der Waals surface area contributed by atoms with Crippen LogP contribution in [0.1, 0.15) is 41.6 Å². The number of nitrogens with zero attached hydrogens (tertiary/aromatic N) is 2. The predicted octanol–water partition coefficient (Wildman–Crippen LogP) is 3.43. The van der Waals surface area contributed by atoms with E-state index in [0.29, 0.717) is 18.9 Å². The van der Waals surface area contributed by atoms with Crippen LogP contribution >= 0.6 is 0 Å². The number of ketones is 1. The Morgan fingerprint density at radius 2 is 2.21 bits per heavy atom. The molecule has 0 saturated heterocycles. The molecule has 0 N–H and O–H groups in total. The Labute approximate surface area is 140 Å². The summed E-state index contributed by atoms with van der Waals surface area (Å²) in [6.45, 7) is 2.49. The minimum Gasteiger partial charge on any atom is -0.481 e. The van der Waals surface area contributed by atoms with Crippen molar-refractivity contribution in [2.24, 2.45) is 4.99 Å². The van der Waals surface area contributed by atoms with Crippen molar-refractivity contribution in [3.05, 3.63) is 64.7 Å². The van der Waals surface area contributed by atoms with Gasteiger partial charge in [-0.3, -0.25) is 9.78 Å². The number of fused-ring (bicyclic) bond motifs is 1. The summed E-state index contributed by atoms with van der Waals surface area (Å²) < 4.78 is 18.5. The number of ether oxygens (including phenoxy) is 1. The van der Waals surface area contributed by atoms with Gasteiger partial charge in [0.2, 0.25) is 5.90 Å². The van der Waals surface area contributed by atoms with Crippen LogP contribution in [0.3, 0.4) is 0 Å². The molecule has 124 valence electrons. The molecule has 1 aromatic heterocycles. The molecule has 2 aromatic rings. The van der Waals surface area contributed by atoms with Crippen LogP contribution in [0.15, 0.2) is 41.5 Å². The molecule has 3 rings (SSSR count). The van der Waals surface area contributed by atoms with Crippen LogP contribution in [0.2, 0.25) is 0 Å². The van der Waals surface area contributed by atoms with Crippen LogP contribution in [0, 0.1) is 5.82 Å². The highest BCUT2D eigenvalue weighted by molar-refractivity contribution is 5.97. The van der Waals surface area contributed by atoms with Gasteiger partial charge in [0, 0.05) is 24.7 Å². The molecule has 5 heteroatoms. The maximum atomic E-state index is 13.3. The molecule has 0 saturated carbocycles. The highest BCUT2D eigenvalue weighted by atomic mass is 19.1. The van der Waals surface area contributed by atoms with Crippen LogP contribution in [0.25, 0.3) is 0 Å². The summed E-state index contributed by atoms with van der Waals surface area (Å²) in [5.74, 6) is 0.382. The van der Waals surface area contributed by atoms with Gasteiger partial charge in [-0.2, -0.15) is 0 Å². The molecule has 1 atom stereocenters. The number of hydrogen-bond acceptors (Lipinski definition) is 4. The number of benzene rings is 1. The number of pyridine rings is 1. The lowest BCUT2D eigenvalue weighted by molar-refractivity contribution is -0.118. The maximum Gasteiger partial charge on any atom is 0.218 e. The highest BCUT2D eigenvalue weighted by Crippen LogP contribution is 2.22. The third kappa shape index (κ3) is 3.50. The zero-order valence-electron chi connectivity index (χ0n) is 13.8. The third-order valence-electron chi connectivity index (χ3n) is 4.19. The average Bonchev–Trinajstić information content (AvgIpc) is 2.97. The van der Waals surface area contributed by atoms with Gasteiger partial charge in [0.15, 0.2) is 0 Å². The smallest absolute Gasteiger partial charge is 0.218 e. The lowest BCUT2D eigenvalue weighted by Crippen LogP contribution is -2.10. The molecule has 24 heavy (non-hydrogen) atoms. The van der Waals surface area contributed by atoms with E-state index < -0.39 is 0 Å². The Kier molecular flexibility index (Phi) is 4.69. The zero-order chi connectivity index (χ0) is 17.1. The van der Waals surface area contributed by atoms with Gasteiger partial charge in [-0.1, -0.05) is 19.1 Å². The molecular weight excluding hydrogens is 307 g/mol. The molecule has 1 aromatic carbocycles. The fourth-order valence-electron chi connectivity index (χ4n) is 2.93. The molecule has 0 spiro atoms. The van der Waals surface area contributed by atoms with E-state index >= 15 is 0 Å². The SMILES string of the molecule is COC1=NCc2cc(CC(=O)C[C@H](C)c3cccc(F)c3)ncc21. The Hall–Kier alpha value is -2.56. The van der Waals surface area contributed by atoms with E-state index in [0.717, 1.165) is 22.4 Å². The first-order chi connectivity index (χ1) is 11.6. The van der Waals surface area contributed by atoms with Gasteiger partial charge in [-0.25, -0.2) is 9.38 Å². The number of aliphatic imine (C=N–C) groups is 1. The van der Waals surface area contributed by atoms with Gasteiger partial charge in [-0.15, -0.1) is 0 Å². The number of carbonyl (C=O) groups excluding carboxylic acids is 1. The van der Waals surface area contributed by atoms with E-state index in [1.165, 1.54) is 12.1 Å². The van der Waals surface area contributed by atoms with E-state index in [2.05, 4.69) is 9.98 Å². The molecule has 1 aliphatic heterocycles. The topological polar surface area (TPSA) is 51.5 Å². The summed E-state index contributed by atoms with van der Waals surface area (Å²) in [5.41, 5.74) is 3.49. The van der Waals surface area contributed by atoms with Crippen molar-refractivity contribution in [1.82, 2.24) is 4.98 Å². The molecule has 1 aliphatic rings. The number of rotatable bonds is 5. The highest BCUT2D eigenvalue weighted by Gasteiger charge is 2.19. The second-order valence-corrected chi connectivity index (χ2v) is 6.03. The summed E-state index contributed by atoms with van der Waals surface area (Å²) in [5, 5.41) is 0. The first-order valence-electron chi connectivity index (χ1n) is 7.90. The summed E-state index contributed by atoms with van der Waals surface area (Å²) in [7, 11) is 1.58. The van der Waals surface area contributed by atoms with E-state index in [9.17, 15) is 9.18 Å². The lowest BCUT2D eigenvalue weighted by Gasteiger charge is -2.11. The van der Waals surface area contributed by atoms with Crippen molar-refractivity contribution in [1.29, 1.82) is 0 Å². The van der Waals surface area contributed by atoms with Crippen molar-refractivity contribution in [3.63, 3.8) is 0 Å². The first-order valence-corrected chi connectivity index (χ1v) is 7.90. The quantitative estimate of drug-likeness (QED) is 0.846. The monoisotopic (exact) mass is 326 g/mol. The predicted molar refractivity (Wildman–Crippen MR) is 89.6 cm³/mol. The van der Waals surface area contributed by atoms with Crippen LogP contribution in [0.5, 0.6) is 0 Å². The van der Waals surface area contributed by atoms with Gasteiger partial charge >= 0.3 is 0 Å². The first kappa shape index (κ1) is 16.3. The molecule has 4 nitrogen and oxygen atoms in total. The van der Waals surface area contributed by atoms with Gasteiger partial charge < -0.3 is 4.74 Å². The van der Waals surface area contributed by atoms with Crippen molar-refractivity contribution in [2.75, 3.05) is 7.11 Å². The van der Waals surface area contributed by atoms with Gasteiger partial charge in [-0.05, 0) is 35.2 Å². The van der Waals surface area contributed by atoms with Crippen LogP contribution in [-0.4, -0.2) is 23.8 Å². The van der Waals surface area contributed by atoms with E-state index in [1.54, 1.807) is 19.4 Å². The summed E-state index contributed by atoms with van der Waals surface area (Å²) in [6.07, 6.45) is 2.35. The molecule has 0 unspecified atom stereocenters. The van der Waals surface area contributed by atoms with Gasteiger partial charge in [0.05, 0.1) is 19.2 Å². The van der Waals surface area contributed by atoms with Crippen molar-refractivity contribution >= 4 is 11.7 Å². The molecule has 0 aliphatic carbocycles. The fraction of sp³-hybridized carbons (Fsp3) is 0.316. The molecule has 0 fully saturated rings. The molecule has 0 radical (unpaired) electrons. The van der Waals surface area contributed by atoms with E-state index in [-0.39, 0.29) is 23.9 Å². The Bertz CT molecular complexity index is 802. The van der Waals surface area contributed by atoms with Crippen LogP contribution in [-0.2, 0) is 22.5 Å². The molecule has 0 bridgehead atoms. The maximum absolute atomic E-state index is 13.3. The second kappa shape index (κ2) is 6.91.